The Hall–Kier alpha value is -3.79. The van der Waals surface area contributed by atoms with Crippen molar-refractivity contribution in [1.29, 1.82) is 5.26 Å². The number of H-pyrrole nitrogens is 1. The number of anilines is 1. The number of benzene rings is 2. The zero-order valence-electron chi connectivity index (χ0n) is 15.8. The molecule has 1 aromatic heterocycles. The summed E-state index contributed by atoms with van der Waals surface area (Å²) in [5.41, 5.74) is 4.26. The normalized spacial score (nSPS) is 16.0. The second-order valence-electron chi connectivity index (χ2n) is 7.15. The highest BCUT2D eigenvalue weighted by molar-refractivity contribution is 5.68. The van der Waals surface area contributed by atoms with E-state index >= 15 is 0 Å². The van der Waals surface area contributed by atoms with Gasteiger partial charge in [0.25, 0.3) is 0 Å². The van der Waals surface area contributed by atoms with Crippen molar-refractivity contribution in [2.75, 3.05) is 11.4 Å². The molecule has 0 saturated carbocycles. The monoisotopic (exact) mass is 387 g/mol. The number of nitrogens with one attached hydrogen (secondary N) is 1. The van der Waals surface area contributed by atoms with E-state index in [1.165, 1.54) is 4.90 Å². The summed E-state index contributed by atoms with van der Waals surface area (Å²) < 4.78 is 0. The molecule has 1 amide bonds. The minimum atomic E-state index is -0.958. The van der Waals surface area contributed by atoms with Crippen LogP contribution in [-0.4, -0.2) is 38.7 Å². The molecule has 1 aliphatic rings. The topological polar surface area (TPSA) is 96.2 Å². The lowest BCUT2D eigenvalue weighted by Gasteiger charge is -2.31. The second kappa shape index (κ2) is 8.07. The van der Waals surface area contributed by atoms with Gasteiger partial charge in [-0.1, -0.05) is 30.3 Å². The maximum atomic E-state index is 12.1. The van der Waals surface area contributed by atoms with Crippen molar-refractivity contribution in [3.8, 4) is 6.07 Å². The van der Waals surface area contributed by atoms with Gasteiger partial charge in [0.2, 0.25) is 0 Å². The molecule has 2 N–H and O–H groups in total. The van der Waals surface area contributed by atoms with Gasteiger partial charge in [0.15, 0.2) is 0 Å². The van der Waals surface area contributed by atoms with Gasteiger partial charge in [-0.05, 0) is 35.7 Å². The number of carbonyl (C=O) groups is 1. The molecule has 2 aromatic carbocycles. The third-order valence-corrected chi connectivity index (χ3v) is 5.23. The minimum absolute atomic E-state index is 0.230. The summed E-state index contributed by atoms with van der Waals surface area (Å²) in [5, 5.41) is 19.2. The molecule has 4 rings (SSSR count). The number of imidazole rings is 1. The van der Waals surface area contributed by atoms with Crippen LogP contribution in [0.4, 0.5) is 10.5 Å². The first-order valence-electron chi connectivity index (χ1n) is 9.43. The highest BCUT2D eigenvalue weighted by Crippen LogP contribution is 2.30. The summed E-state index contributed by atoms with van der Waals surface area (Å²) in [6.45, 7) is 1.34. The van der Waals surface area contributed by atoms with Gasteiger partial charge >= 0.3 is 6.09 Å². The van der Waals surface area contributed by atoms with E-state index in [1.807, 2.05) is 42.6 Å². The molecule has 0 saturated heterocycles. The molecule has 1 atom stereocenters. The van der Waals surface area contributed by atoms with Crippen LogP contribution in [-0.2, 0) is 19.5 Å². The molecule has 7 heteroatoms. The molecule has 7 nitrogen and oxygen atoms in total. The fourth-order valence-corrected chi connectivity index (χ4v) is 3.86. The summed E-state index contributed by atoms with van der Waals surface area (Å²) in [6.07, 6.45) is 3.14. The standard InChI is InChI=1S/C22H21N5O2/c23-10-17-6-7-21-18(8-17)12-27(22(28)29)20(9-16-4-2-1-3-5-16)14-26(21)13-19-11-24-15-25-19/h1-8,11,15,20H,9,12-14H2,(H,24,25)(H,28,29)/t20-/m1/s1. The fourth-order valence-electron chi connectivity index (χ4n) is 3.86. The lowest BCUT2D eigenvalue weighted by Crippen LogP contribution is -2.45. The first-order valence-corrected chi connectivity index (χ1v) is 9.43. The Labute approximate surface area is 168 Å². The molecule has 0 aliphatic carbocycles. The van der Waals surface area contributed by atoms with E-state index in [4.69, 9.17) is 0 Å². The summed E-state index contributed by atoms with van der Waals surface area (Å²) in [7, 11) is 0. The van der Waals surface area contributed by atoms with Crippen LogP contribution >= 0.6 is 0 Å². The van der Waals surface area contributed by atoms with Crippen LogP contribution < -0.4 is 4.90 Å². The molecule has 0 bridgehead atoms. The third-order valence-electron chi connectivity index (χ3n) is 5.23. The molecular formula is C22H21N5O2. The average Bonchev–Trinajstić information content (AvgIpc) is 3.19. The smallest absolute Gasteiger partial charge is 0.407 e. The third kappa shape index (κ3) is 4.06. The Bertz CT molecular complexity index is 1030. The van der Waals surface area contributed by atoms with Crippen LogP contribution in [0.3, 0.4) is 0 Å². The summed E-state index contributed by atoms with van der Waals surface area (Å²) in [6, 6.07) is 17.3. The van der Waals surface area contributed by atoms with E-state index in [-0.39, 0.29) is 12.6 Å². The Morgan fingerprint density at radius 1 is 1.28 bits per heavy atom. The van der Waals surface area contributed by atoms with Gasteiger partial charge < -0.3 is 15.0 Å². The molecule has 0 fully saturated rings. The zero-order valence-corrected chi connectivity index (χ0v) is 15.8. The van der Waals surface area contributed by atoms with Crippen molar-refractivity contribution >= 4 is 11.8 Å². The fraction of sp³-hybridized carbons (Fsp3) is 0.227. The van der Waals surface area contributed by atoms with Gasteiger partial charge in [0, 0.05) is 18.4 Å². The first kappa shape index (κ1) is 18.6. The molecule has 0 radical (unpaired) electrons. The number of aromatic amines is 1. The average molecular weight is 387 g/mol. The summed E-state index contributed by atoms with van der Waals surface area (Å²) >= 11 is 0. The van der Waals surface area contributed by atoms with Crippen molar-refractivity contribution in [1.82, 2.24) is 14.9 Å². The van der Waals surface area contributed by atoms with Crippen LogP contribution in [0.25, 0.3) is 0 Å². The summed E-state index contributed by atoms with van der Waals surface area (Å²) in [4.78, 5) is 23.1. The molecule has 146 valence electrons. The predicted molar refractivity (Wildman–Crippen MR) is 108 cm³/mol. The number of amides is 1. The zero-order chi connectivity index (χ0) is 20.2. The van der Waals surface area contributed by atoms with Crippen LogP contribution in [0.2, 0.25) is 0 Å². The van der Waals surface area contributed by atoms with Crippen LogP contribution in [0.15, 0.2) is 61.1 Å². The maximum absolute atomic E-state index is 12.1. The second-order valence-corrected chi connectivity index (χ2v) is 7.15. The number of nitriles is 1. The number of fused-ring (bicyclic) bond motifs is 1. The van der Waals surface area contributed by atoms with E-state index in [0.717, 1.165) is 22.5 Å². The van der Waals surface area contributed by atoms with Gasteiger partial charge in [-0.15, -0.1) is 0 Å². The van der Waals surface area contributed by atoms with Crippen molar-refractivity contribution in [2.24, 2.45) is 0 Å². The van der Waals surface area contributed by atoms with Gasteiger partial charge in [-0.3, -0.25) is 4.90 Å². The lowest BCUT2D eigenvalue weighted by molar-refractivity contribution is 0.123. The van der Waals surface area contributed by atoms with E-state index in [9.17, 15) is 15.2 Å². The highest BCUT2D eigenvalue weighted by Gasteiger charge is 2.31. The molecule has 1 aliphatic heterocycles. The summed E-state index contributed by atoms with van der Waals surface area (Å²) in [5.74, 6) is 0. The van der Waals surface area contributed by atoms with Crippen LogP contribution in [0.1, 0.15) is 22.4 Å². The molecule has 3 aromatic rings. The van der Waals surface area contributed by atoms with Gasteiger partial charge in [-0.25, -0.2) is 9.78 Å². The number of aromatic nitrogens is 2. The predicted octanol–water partition coefficient (Wildman–Crippen LogP) is 3.39. The Balaban J connectivity index is 1.73. The van der Waals surface area contributed by atoms with Crippen LogP contribution in [0.5, 0.6) is 0 Å². The Morgan fingerprint density at radius 2 is 2.10 bits per heavy atom. The van der Waals surface area contributed by atoms with E-state index < -0.39 is 6.09 Å². The maximum Gasteiger partial charge on any atom is 0.407 e. The van der Waals surface area contributed by atoms with E-state index in [2.05, 4.69) is 20.9 Å². The quantitative estimate of drug-likeness (QED) is 0.715. The minimum Gasteiger partial charge on any atom is -0.465 e. The number of hydrogen-bond donors (Lipinski definition) is 2. The number of hydrogen-bond acceptors (Lipinski definition) is 4. The molecular weight excluding hydrogens is 366 g/mol. The number of nitrogens with zero attached hydrogens (tertiary/aromatic N) is 4. The molecule has 0 unspecified atom stereocenters. The molecule has 29 heavy (non-hydrogen) atoms. The van der Waals surface area contributed by atoms with E-state index in [1.54, 1.807) is 18.5 Å². The Kier molecular flexibility index (Phi) is 5.16. The number of carboxylic acid groups (broad SMARTS) is 1. The lowest BCUT2D eigenvalue weighted by atomic mass is 10.0. The van der Waals surface area contributed by atoms with Crippen molar-refractivity contribution in [3.63, 3.8) is 0 Å². The number of rotatable bonds is 4. The Morgan fingerprint density at radius 3 is 2.79 bits per heavy atom. The van der Waals surface area contributed by atoms with Crippen LogP contribution in [0, 0.1) is 11.3 Å². The molecule has 0 spiro atoms. The van der Waals surface area contributed by atoms with E-state index in [0.29, 0.717) is 25.1 Å². The first-order chi connectivity index (χ1) is 14.1. The van der Waals surface area contributed by atoms with Gasteiger partial charge in [-0.2, -0.15) is 5.26 Å². The van der Waals surface area contributed by atoms with Crippen molar-refractivity contribution < 1.29 is 9.90 Å². The van der Waals surface area contributed by atoms with Crippen molar-refractivity contribution in [3.05, 3.63) is 83.4 Å². The van der Waals surface area contributed by atoms with Crippen molar-refractivity contribution in [2.45, 2.75) is 25.6 Å². The molecule has 2 heterocycles. The highest BCUT2D eigenvalue weighted by atomic mass is 16.4. The van der Waals surface area contributed by atoms with Gasteiger partial charge in [0.05, 0.1) is 42.8 Å². The SMILES string of the molecule is N#Cc1ccc2c(c1)CN(C(=O)O)[C@H](Cc1ccccc1)CN2Cc1c[nH]cn1. The van der Waals surface area contributed by atoms with Gasteiger partial charge in [0.1, 0.15) is 0 Å². The largest absolute Gasteiger partial charge is 0.465 e.